The number of carbonyl (C=O) groups is 2. The maximum atomic E-state index is 13.0. The Morgan fingerprint density at radius 3 is 2.17 bits per heavy atom. The number of nitrogens with one attached hydrogen (secondary N) is 2. The van der Waals surface area contributed by atoms with Gasteiger partial charge in [-0.25, -0.2) is 4.68 Å². The first-order valence-electron chi connectivity index (χ1n) is 10.7. The highest BCUT2D eigenvalue weighted by atomic mass is 16.2. The van der Waals surface area contributed by atoms with Gasteiger partial charge in [-0.05, 0) is 87.5 Å². The molecule has 4 saturated carbocycles. The fourth-order valence-corrected chi connectivity index (χ4v) is 6.30. The Morgan fingerprint density at radius 2 is 1.62 bits per heavy atom. The number of nitrogens with zero attached hydrogens (tertiary/aromatic N) is 2. The van der Waals surface area contributed by atoms with Gasteiger partial charge in [0.2, 0.25) is 5.91 Å². The minimum absolute atomic E-state index is 0.0160. The van der Waals surface area contributed by atoms with Gasteiger partial charge in [0.1, 0.15) is 5.82 Å². The molecule has 4 aliphatic rings. The SMILES string of the molecule is CC(=O)Nc1cc(C)nn1-c1ccc(C(=O)NC23CC4CC(CC(C4)C2)C3)cc1. The lowest BCUT2D eigenvalue weighted by Crippen LogP contribution is -2.59. The number of benzene rings is 1. The van der Waals surface area contributed by atoms with E-state index in [1.165, 1.54) is 26.2 Å². The molecule has 29 heavy (non-hydrogen) atoms. The van der Waals surface area contributed by atoms with Crippen molar-refractivity contribution in [3.63, 3.8) is 0 Å². The number of hydrogen-bond acceptors (Lipinski definition) is 3. The molecule has 1 heterocycles. The lowest BCUT2D eigenvalue weighted by Gasteiger charge is -2.56. The van der Waals surface area contributed by atoms with Gasteiger partial charge in [0, 0.05) is 24.1 Å². The molecule has 2 N–H and O–H groups in total. The number of aryl methyl sites for hydroxylation is 1. The van der Waals surface area contributed by atoms with Gasteiger partial charge in [0.15, 0.2) is 0 Å². The minimum Gasteiger partial charge on any atom is -0.347 e. The number of hydrogen-bond donors (Lipinski definition) is 2. The zero-order valence-corrected chi connectivity index (χ0v) is 17.1. The van der Waals surface area contributed by atoms with Gasteiger partial charge in [-0.3, -0.25) is 9.59 Å². The number of amides is 2. The fourth-order valence-electron chi connectivity index (χ4n) is 6.30. The van der Waals surface area contributed by atoms with Crippen LogP contribution in [-0.4, -0.2) is 27.1 Å². The van der Waals surface area contributed by atoms with E-state index in [2.05, 4.69) is 15.7 Å². The van der Waals surface area contributed by atoms with Crippen molar-refractivity contribution in [2.24, 2.45) is 17.8 Å². The Balaban J connectivity index is 1.33. The lowest BCUT2D eigenvalue weighted by molar-refractivity contribution is -0.114. The van der Waals surface area contributed by atoms with Crippen molar-refractivity contribution in [1.82, 2.24) is 15.1 Å². The molecule has 6 heteroatoms. The molecule has 0 spiro atoms. The van der Waals surface area contributed by atoms with Gasteiger partial charge in [0.25, 0.3) is 5.91 Å². The van der Waals surface area contributed by atoms with E-state index in [0.717, 1.165) is 48.4 Å². The molecule has 0 saturated heterocycles. The number of aromatic nitrogens is 2. The molecule has 2 amide bonds. The van der Waals surface area contributed by atoms with E-state index in [9.17, 15) is 9.59 Å². The molecule has 0 unspecified atom stereocenters. The summed E-state index contributed by atoms with van der Waals surface area (Å²) in [5.41, 5.74) is 2.32. The molecule has 0 aliphatic heterocycles. The van der Waals surface area contributed by atoms with Crippen molar-refractivity contribution < 1.29 is 9.59 Å². The van der Waals surface area contributed by atoms with Crippen molar-refractivity contribution in [3.05, 3.63) is 41.6 Å². The molecule has 1 aromatic carbocycles. The summed E-state index contributed by atoms with van der Waals surface area (Å²) in [5.74, 6) is 2.92. The first-order valence-corrected chi connectivity index (χ1v) is 10.7. The molecule has 0 radical (unpaired) electrons. The third-order valence-electron chi connectivity index (χ3n) is 6.93. The maximum absolute atomic E-state index is 13.0. The van der Waals surface area contributed by atoms with E-state index < -0.39 is 0 Å². The van der Waals surface area contributed by atoms with Gasteiger partial charge >= 0.3 is 0 Å². The van der Waals surface area contributed by atoms with Crippen molar-refractivity contribution >= 4 is 17.6 Å². The topological polar surface area (TPSA) is 76.0 Å². The van der Waals surface area contributed by atoms with Crippen molar-refractivity contribution in [2.75, 3.05) is 5.32 Å². The van der Waals surface area contributed by atoms with E-state index in [1.54, 1.807) is 4.68 Å². The van der Waals surface area contributed by atoms with Crippen molar-refractivity contribution in [1.29, 1.82) is 0 Å². The highest BCUT2D eigenvalue weighted by Gasteiger charge is 2.51. The quantitative estimate of drug-likeness (QED) is 0.830. The standard InChI is InChI=1S/C23H28N4O2/c1-14-7-21(24-15(2)28)27(26-14)20-5-3-19(4-6-20)22(29)25-23-11-16-8-17(12-23)10-18(9-16)13-23/h3-7,16-18H,8-13H2,1-2H3,(H,24,28)(H,25,29). The molecule has 4 fully saturated rings. The normalized spacial score (nSPS) is 29.7. The maximum Gasteiger partial charge on any atom is 0.251 e. The summed E-state index contributed by atoms with van der Waals surface area (Å²) in [6.07, 6.45) is 7.54. The molecule has 2 aromatic rings. The summed E-state index contributed by atoms with van der Waals surface area (Å²) >= 11 is 0. The summed E-state index contributed by atoms with van der Waals surface area (Å²) in [7, 11) is 0. The number of carbonyl (C=O) groups excluding carboxylic acids is 2. The molecule has 1 aromatic heterocycles. The van der Waals surface area contributed by atoms with Gasteiger partial charge < -0.3 is 10.6 Å². The van der Waals surface area contributed by atoms with Crippen LogP contribution in [0.25, 0.3) is 5.69 Å². The van der Waals surface area contributed by atoms with Crippen molar-refractivity contribution in [2.45, 2.75) is 57.9 Å². The van der Waals surface area contributed by atoms with E-state index >= 15 is 0 Å². The summed E-state index contributed by atoms with van der Waals surface area (Å²) in [4.78, 5) is 24.4. The second-order valence-corrected chi connectivity index (χ2v) is 9.46. The van der Waals surface area contributed by atoms with Crippen LogP contribution in [0.1, 0.15) is 61.5 Å². The zero-order chi connectivity index (χ0) is 20.2. The smallest absolute Gasteiger partial charge is 0.251 e. The van der Waals surface area contributed by atoms with Crippen LogP contribution < -0.4 is 10.6 Å². The van der Waals surface area contributed by atoms with Crippen LogP contribution in [0.15, 0.2) is 30.3 Å². The second kappa shape index (κ2) is 6.71. The molecule has 152 valence electrons. The number of rotatable bonds is 4. The van der Waals surface area contributed by atoms with Gasteiger partial charge in [-0.15, -0.1) is 0 Å². The predicted molar refractivity (Wildman–Crippen MR) is 111 cm³/mol. The van der Waals surface area contributed by atoms with Gasteiger partial charge in [0.05, 0.1) is 11.4 Å². The summed E-state index contributed by atoms with van der Waals surface area (Å²) in [6, 6.07) is 9.28. The monoisotopic (exact) mass is 392 g/mol. The van der Waals surface area contributed by atoms with E-state index in [-0.39, 0.29) is 17.4 Å². The van der Waals surface area contributed by atoms with Crippen LogP contribution in [0.4, 0.5) is 5.82 Å². The third kappa shape index (κ3) is 3.45. The van der Waals surface area contributed by atoms with Gasteiger partial charge in [-0.2, -0.15) is 5.10 Å². The molecule has 4 aliphatic carbocycles. The molecule has 6 nitrogen and oxygen atoms in total. The number of anilines is 1. The summed E-state index contributed by atoms with van der Waals surface area (Å²) in [5, 5.41) is 10.7. The highest BCUT2D eigenvalue weighted by molar-refractivity contribution is 5.95. The summed E-state index contributed by atoms with van der Waals surface area (Å²) in [6.45, 7) is 3.36. The molecular weight excluding hydrogens is 364 g/mol. The average molecular weight is 393 g/mol. The highest BCUT2D eigenvalue weighted by Crippen LogP contribution is 2.55. The van der Waals surface area contributed by atoms with Crippen LogP contribution in [0.2, 0.25) is 0 Å². The van der Waals surface area contributed by atoms with Crippen LogP contribution in [0.5, 0.6) is 0 Å². The molecular formula is C23H28N4O2. The largest absolute Gasteiger partial charge is 0.347 e. The summed E-state index contributed by atoms with van der Waals surface area (Å²) < 4.78 is 1.69. The van der Waals surface area contributed by atoms with Crippen molar-refractivity contribution in [3.8, 4) is 5.69 Å². The molecule has 6 rings (SSSR count). The van der Waals surface area contributed by atoms with Crippen LogP contribution >= 0.6 is 0 Å². The lowest BCUT2D eigenvalue weighted by atomic mass is 9.53. The van der Waals surface area contributed by atoms with Crippen LogP contribution in [0.3, 0.4) is 0 Å². The van der Waals surface area contributed by atoms with E-state index in [1.807, 2.05) is 37.3 Å². The Morgan fingerprint density at radius 1 is 1.03 bits per heavy atom. The average Bonchev–Trinajstić information content (AvgIpc) is 2.99. The third-order valence-corrected chi connectivity index (χ3v) is 6.93. The fraction of sp³-hybridized carbons (Fsp3) is 0.522. The predicted octanol–water partition coefficient (Wildman–Crippen LogP) is 3.84. The van der Waals surface area contributed by atoms with Crippen LogP contribution in [-0.2, 0) is 4.79 Å². The molecule has 0 atom stereocenters. The van der Waals surface area contributed by atoms with Gasteiger partial charge in [-0.1, -0.05) is 0 Å². The van der Waals surface area contributed by atoms with E-state index in [4.69, 9.17) is 0 Å². The zero-order valence-electron chi connectivity index (χ0n) is 17.1. The van der Waals surface area contributed by atoms with Crippen LogP contribution in [0, 0.1) is 24.7 Å². The minimum atomic E-state index is -0.141. The molecule has 4 bridgehead atoms. The Hall–Kier alpha value is -2.63. The Kier molecular flexibility index (Phi) is 4.26. The Labute approximate surface area is 171 Å². The van der Waals surface area contributed by atoms with E-state index in [0.29, 0.717) is 11.4 Å². The first kappa shape index (κ1) is 18.4. The second-order valence-electron chi connectivity index (χ2n) is 9.46. The first-order chi connectivity index (χ1) is 13.9. The Bertz CT molecular complexity index is 924.